The second-order valence-corrected chi connectivity index (χ2v) is 6.03. The lowest BCUT2D eigenvalue weighted by Crippen LogP contribution is -2.55. The lowest BCUT2D eigenvalue weighted by Gasteiger charge is -2.37. The van der Waals surface area contributed by atoms with Gasteiger partial charge in [0.25, 0.3) is 5.91 Å². The van der Waals surface area contributed by atoms with Gasteiger partial charge < -0.3 is 15.0 Å². The Morgan fingerprint density at radius 3 is 2.58 bits per heavy atom. The average molecular weight is 333 g/mol. The number of methoxy groups -OCH3 is 1. The molecule has 1 atom stereocenters. The molecule has 0 spiro atoms. The lowest BCUT2D eigenvalue weighted by molar-refractivity contribution is -0.126. The highest BCUT2D eigenvalue weighted by atomic mass is 16.5. The molecule has 1 aliphatic rings. The second-order valence-electron chi connectivity index (χ2n) is 6.03. The van der Waals surface area contributed by atoms with Gasteiger partial charge in [0, 0.05) is 38.3 Å². The summed E-state index contributed by atoms with van der Waals surface area (Å²) in [6.07, 6.45) is 0.932. The second kappa shape index (κ2) is 8.68. The van der Waals surface area contributed by atoms with Crippen molar-refractivity contribution in [3.05, 3.63) is 29.8 Å². The summed E-state index contributed by atoms with van der Waals surface area (Å²) in [6, 6.07) is 7.05. The van der Waals surface area contributed by atoms with Crippen LogP contribution in [0, 0.1) is 0 Å². The number of nitrogens with zero attached hydrogens (tertiary/aromatic N) is 2. The molecule has 1 aliphatic heterocycles. The molecule has 1 heterocycles. The minimum Gasteiger partial charge on any atom is -0.497 e. The van der Waals surface area contributed by atoms with Gasteiger partial charge in [-0.05, 0) is 31.5 Å². The zero-order valence-corrected chi connectivity index (χ0v) is 14.7. The summed E-state index contributed by atoms with van der Waals surface area (Å²) in [7, 11) is 1.59. The lowest BCUT2D eigenvalue weighted by atomic mass is 10.1. The number of benzene rings is 1. The topological polar surface area (TPSA) is 61.9 Å². The van der Waals surface area contributed by atoms with E-state index in [4.69, 9.17) is 4.74 Å². The summed E-state index contributed by atoms with van der Waals surface area (Å²) in [6.45, 7) is 7.33. The molecule has 1 unspecified atom stereocenters. The highest BCUT2D eigenvalue weighted by Crippen LogP contribution is 2.16. The zero-order chi connectivity index (χ0) is 17.5. The zero-order valence-electron chi connectivity index (χ0n) is 14.7. The Bertz CT molecular complexity index is 568. The molecule has 6 nitrogen and oxygen atoms in total. The van der Waals surface area contributed by atoms with Gasteiger partial charge in [-0.1, -0.05) is 13.0 Å². The van der Waals surface area contributed by atoms with E-state index in [9.17, 15) is 9.59 Å². The van der Waals surface area contributed by atoms with Gasteiger partial charge in [-0.2, -0.15) is 0 Å². The number of ether oxygens (including phenoxy) is 1. The van der Waals surface area contributed by atoms with Gasteiger partial charge in [-0.15, -0.1) is 0 Å². The summed E-state index contributed by atoms with van der Waals surface area (Å²) < 4.78 is 5.18. The first-order valence-corrected chi connectivity index (χ1v) is 8.52. The normalized spacial score (nSPS) is 16.5. The van der Waals surface area contributed by atoms with Gasteiger partial charge in [0.05, 0.1) is 13.2 Å². The van der Waals surface area contributed by atoms with Crippen LogP contribution in [-0.2, 0) is 4.79 Å². The Hall–Kier alpha value is -2.08. The molecule has 0 aromatic heterocycles. The maximum absolute atomic E-state index is 12.6. The molecule has 1 aromatic carbocycles. The maximum Gasteiger partial charge on any atom is 0.254 e. The largest absolute Gasteiger partial charge is 0.497 e. The first-order chi connectivity index (χ1) is 11.6. The molecule has 0 saturated carbocycles. The highest BCUT2D eigenvalue weighted by Gasteiger charge is 2.27. The van der Waals surface area contributed by atoms with Crippen LogP contribution < -0.4 is 10.1 Å². The van der Waals surface area contributed by atoms with Gasteiger partial charge >= 0.3 is 0 Å². The van der Waals surface area contributed by atoms with Crippen molar-refractivity contribution in [3.8, 4) is 5.75 Å². The Labute approximate surface area is 143 Å². The Kier molecular flexibility index (Phi) is 6.61. The summed E-state index contributed by atoms with van der Waals surface area (Å²) in [5.74, 6) is 0.752. The Morgan fingerprint density at radius 2 is 1.96 bits per heavy atom. The Balaban J connectivity index is 1.89. The summed E-state index contributed by atoms with van der Waals surface area (Å²) in [4.78, 5) is 28.6. The third kappa shape index (κ3) is 4.47. The van der Waals surface area contributed by atoms with E-state index in [1.54, 1.807) is 19.2 Å². The van der Waals surface area contributed by atoms with Crippen LogP contribution in [0.3, 0.4) is 0 Å². The minimum atomic E-state index is -0.161. The monoisotopic (exact) mass is 333 g/mol. The quantitative estimate of drug-likeness (QED) is 0.854. The number of rotatable bonds is 6. The molecule has 24 heavy (non-hydrogen) atoms. The number of nitrogens with one attached hydrogen (secondary N) is 1. The van der Waals surface area contributed by atoms with Crippen LogP contribution in [-0.4, -0.2) is 67.5 Å². The van der Waals surface area contributed by atoms with E-state index in [1.807, 2.05) is 30.9 Å². The molecule has 2 rings (SSSR count). The van der Waals surface area contributed by atoms with Crippen LogP contribution in [0.25, 0.3) is 0 Å². The van der Waals surface area contributed by atoms with E-state index >= 15 is 0 Å². The van der Waals surface area contributed by atoms with Crippen molar-refractivity contribution < 1.29 is 14.3 Å². The fourth-order valence-electron chi connectivity index (χ4n) is 2.81. The van der Waals surface area contributed by atoms with Crippen molar-refractivity contribution in [2.45, 2.75) is 26.3 Å². The third-order valence-electron chi connectivity index (χ3n) is 4.39. The molecule has 1 saturated heterocycles. The van der Waals surface area contributed by atoms with Gasteiger partial charge in [0.2, 0.25) is 5.91 Å². The van der Waals surface area contributed by atoms with Crippen molar-refractivity contribution >= 4 is 11.8 Å². The molecule has 1 aromatic rings. The van der Waals surface area contributed by atoms with Crippen LogP contribution in [0.1, 0.15) is 30.6 Å². The number of carbonyl (C=O) groups is 2. The Morgan fingerprint density at radius 1 is 1.25 bits per heavy atom. The van der Waals surface area contributed by atoms with Crippen LogP contribution in [0.2, 0.25) is 0 Å². The molecule has 0 aliphatic carbocycles. The van der Waals surface area contributed by atoms with Gasteiger partial charge in [0.15, 0.2) is 0 Å². The number of amides is 2. The van der Waals surface area contributed by atoms with E-state index in [1.165, 1.54) is 0 Å². The standard InChI is InChI=1S/C18H27N3O3/c1-4-8-19-17(22)14(2)20-9-11-21(12-10-20)18(23)15-6-5-7-16(13-15)24-3/h5-7,13-14H,4,8-12H2,1-3H3,(H,19,22). The predicted molar refractivity (Wildman–Crippen MR) is 93.2 cm³/mol. The van der Waals surface area contributed by atoms with E-state index in [2.05, 4.69) is 10.2 Å². The van der Waals surface area contributed by atoms with E-state index in [0.717, 1.165) is 6.42 Å². The molecule has 2 amide bonds. The van der Waals surface area contributed by atoms with Crippen molar-refractivity contribution in [3.63, 3.8) is 0 Å². The van der Waals surface area contributed by atoms with Crippen molar-refractivity contribution in [2.75, 3.05) is 39.8 Å². The molecule has 1 N–H and O–H groups in total. The number of carbonyl (C=O) groups excluding carboxylic acids is 2. The number of hydrogen-bond acceptors (Lipinski definition) is 4. The first kappa shape index (κ1) is 18.3. The third-order valence-corrected chi connectivity index (χ3v) is 4.39. The number of piperazine rings is 1. The average Bonchev–Trinajstić information content (AvgIpc) is 2.65. The van der Waals surface area contributed by atoms with Gasteiger partial charge in [-0.25, -0.2) is 0 Å². The molecule has 6 heteroatoms. The molecule has 1 fully saturated rings. The van der Waals surface area contributed by atoms with Crippen molar-refractivity contribution in [2.24, 2.45) is 0 Å². The fraction of sp³-hybridized carbons (Fsp3) is 0.556. The number of hydrogen-bond donors (Lipinski definition) is 1. The molecule has 132 valence electrons. The predicted octanol–water partition coefficient (Wildman–Crippen LogP) is 1.37. The summed E-state index contributed by atoms with van der Waals surface area (Å²) >= 11 is 0. The highest BCUT2D eigenvalue weighted by molar-refractivity contribution is 5.94. The van der Waals surface area contributed by atoms with Gasteiger partial charge in [0.1, 0.15) is 5.75 Å². The smallest absolute Gasteiger partial charge is 0.254 e. The van der Waals surface area contributed by atoms with Crippen molar-refractivity contribution in [1.82, 2.24) is 15.1 Å². The van der Waals surface area contributed by atoms with E-state index in [0.29, 0.717) is 44.0 Å². The molecular formula is C18H27N3O3. The molecular weight excluding hydrogens is 306 g/mol. The minimum absolute atomic E-state index is 0.0108. The van der Waals surface area contributed by atoms with Crippen LogP contribution >= 0.6 is 0 Å². The van der Waals surface area contributed by atoms with Crippen molar-refractivity contribution in [1.29, 1.82) is 0 Å². The SMILES string of the molecule is CCCNC(=O)C(C)N1CCN(C(=O)c2cccc(OC)c2)CC1. The van der Waals surface area contributed by atoms with Crippen LogP contribution in [0.4, 0.5) is 0 Å². The molecule has 0 bridgehead atoms. The van der Waals surface area contributed by atoms with Gasteiger partial charge in [-0.3, -0.25) is 14.5 Å². The van der Waals surface area contributed by atoms with E-state index < -0.39 is 0 Å². The summed E-state index contributed by atoms with van der Waals surface area (Å²) in [5.41, 5.74) is 0.636. The summed E-state index contributed by atoms with van der Waals surface area (Å²) in [5, 5.41) is 2.93. The van der Waals surface area contributed by atoms with Crippen LogP contribution in [0.5, 0.6) is 5.75 Å². The maximum atomic E-state index is 12.6. The van der Waals surface area contributed by atoms with E-state index in [-0.39, 0.29) is 17.9 Å². The first-order valence-electron chi connectivity index (χ1n) is 8.52. The fourth-order valence-corrected chi connectivity index (χ4v) is 2.81. The van der Waals surface area contributed by atoms with Crippen LogP contribution in [0.15, 0.2) is 24.3 Å². The molecule has 0 radical (unpaired) electrons.